The number of benzene rings is 2. The van der Waals surface area contributed by atoms with Crippen LogP contribution in [0.2, 0.25) is 0 Å². The molecule has 5 rings (SSSR count). The minimum absolute atomic E-state index is 0.0345. The van der Waals surface area contributed by atoms with Crippen LogP contribution in [0.1, 0.15) is 23.8 Å². The summed E-state index contributed by atoms with van der Waals surface area (Å²) in [7, 11) is 0. The Hall–Kier alpha value is -3.41. The van der Waals surface area contributed by atoms with Gasteiger partial charge < -0.3 is 30.2 Å². The maximum atomic E-state index is 11.7. The van der Waals surface area contributed by atoms with E-state index >= 15 is 0 Å². The van der Waals surface area contributed by atoms with Crippen molar-refractivity contribution in [3.8, 4) is 0 Å². The van der Waals surface area contributed by atoms with E-state index in [1.807, 2.05) is 60.7 Å². The van der Waals surface area contributed by atoms with Crippen LogP contribution in [-0.2, 0) is 27.4 Å². The zero-order valence-electron chi connectivity index (χ0n) is 19.7. The van der Waals surface area contributed by atoms with Gasteiger partial charge in [0.1, 0.15) is 29.7 Å². The molecule has 188 valence electrons. The standard InChI is InChI=1S/C26H29N5O5/c27-23-21-24(29-16-28-23)31(17-30-21)25-22(33)26(11-12-35-25,36-14-19-9-5-2-6-10-19)20(32)15-34-13-18-7-3-1-4-8-18/h1-10,16-17,20,22,25,32-33H,11-15H2,(H2,27,28,29)/t20-,22+,25-,26-/m1/s1. The number of rotatable bonds is 9. The van der Waals surface area contributed by atoms with Crippen LogP contribution in [0.15, 0.2) is 73.3 Å². The molecule has 0 amide bonds. The molecule has 0 bridgehead atoms. The first-order valence-corrected chi connectivity index (χ1v) is 11.8. The minimum Gasteiger partial charge on any atom is -0.388 e. The van der Waals surface area contributed by atoms with Crippen LogP contribution in [0, 0.1) is 0 Å². The first-order valence-electron chi connectivity index (χ1n) is 11.8. The number of nitrogens with zero attached hydrogens (tertiary/aromatic N) is 4. The highest BCUT2D eigenvalue weighted by Gasteiger charge is 2.53. The van der Waals surface area contributed by atoms with Gasteiger partial charge in [-0.3, -0.25) is 4.57 Å². The highest BCUT2D eigenvalue weighted by Crippen LogP contribution is 2.39. The third kappa shape index (κ3) is 4.81. The van der Waals surface area contributed by atoms with Gasteiger partial charge in [-0.15, -0.1) is 0 Å². The van der Waals surface area contributed by atoms with Gasteiger partial charge in [0.25, 0.3) is 0 Å². The third-order valence-electron chi connectivity index (χ3n) is 6.52. The Morgan fingerprint density at radius 3 is 2.44 bits per heavy atom. The fourth-order valence-electron chi connectivity index (χ4n) is 4.52. The SMILES string of the molecule is Nc1ncnc2c1ncn2[C@@H]1OCC[C@@](OCc2ccccc2)([C@H](O)COCc2ccccc2)[C@H]1O. The molecular weight excluding hydrogens is 462 g/mol. The van der Waals surface area contributed by atoms with Crippen LogP contribution in [0.4, 0.5) is 5.82 Å². The number of anilines is 1. The van der Waals surface area contributed by atoms with Gasteiger partial charge >= 0.3 is 0 Å². The van der Waals surface area contributed by atoms with Crippen molar-refractivity contribution < 1.29 is 24.4 Å². The molecule has 4 atom stereocenters. The van der Waals surface area contributed by atoms with Gasteiger partial charge in [0.05, 0.1) is 32.8 Å². The second kappa shape index (κ2) is 10.7. The largest absolute Gasteiger partial charge is 0.388 e. The van der Waals surface area contributed by atoms with Gasteiger partial charge in [0.15, 0.2) is 17.7 Å². The van der Waals surface area contributed by atoms with Gasteiger partial charge in [0, 0.05) is 6.42 Å². The molecule has 4 N–H and O–H groups in total. The minimum atomic E-state index is -1.37. The monoisotopic (exact) mass is 491 g/mol. The lowest BCUT2D eigenvalue weighted by atomic mass is 9.83. The van der Waals surface area contributed by atoms with Crippen LogP contribution >= 0.6 is 0 Å². The molecule has 36 heavy (non-hydrogen) atoms. The summed E-state index contributed by atoms with van der Waals surface area (Å²) in [5.74, 6) is 0.227. The number of aromatic nitrogens is 4. The summed E-state index contributed by atoms with van der Waals surface area (Å²) >= 11 is 0. The number of hydrogen-bond donors (Lipinski definition) is 3. The fraction of sp³-hybridized carbons (Fsp3) is 0.346. The molecule has 0 radical (unpaired) electrons. The lowest BCUT2D eigenvalue weighted by Gasteiger charge is -2.47. The van der Waals surface area contributed by atoms with E-state index in [0.717, 1.165) is 11.1 Å². The van der Waals surface area contributed by atoms with Crippen LogP contribution in [0.3, 0.4) is 0 Å². The molecule has 10 nitrogen and oxygen atoms in total. The third-order valence-corrected chi connectivity index (χ3v) is 6.52. The predicted octanol–water partition coefficient (Wildman–Crippen LogP) is 2.22. The van der Waals surface area contributed by atoms with Gasteiger partial charge in [-0.1, -0.05) is 60.7 Å². The molecule has 1 aliphatic heterocycles. The summed E-state index contributed by atoms with van der Waals surface area (Å²) in [6.07, 6.45) is -0.236. The first kappa shape index (κ1) is 24.3. The van der Waals surface area contributed by atoms with E-state index in [-0.39, 0.29) is 32.1 Å². The number of aliphatic hydroxyl groups excluding tert-OH is 2. The van der Waals surface area contributed by atoms with E-state index < -0.39 is 24.0 Å². The maximum absolute atomic E-state index is 11.7. The average Bonchev–Trinajstić information content (AvgIpc) is 3.35. The Labute approximate surface area is 208 Å². The van der Waals surface area contributed by atoms with Gasteiger partial charge in [-0.25, -0.2) is 15.0 Å². The smallest absolute Gasteiger partial charge is 0.167 e. The summed E-state index contributed by atoms with van der Waals surface area (Å²) in [4.78, 5) is 12.5. The zero-order valence-corrected chi connectivity index (χ0v) is 19.7. The Morgan fingerprint density at radius 2 is 1.72 bits per heavy atom. The number of imidazole rings is 1. The molecular formula is C26H29N5O5. The molecule has 2 aromatic carbocycles. The van der Waals surface area contributed by atoms with Crippen LogP contribution in [-0.4, -0.2) is 60.8 Å². The number of hydrogen-bond acceptors (Lipinski definition) is 9. The Balaban J connectivity index is 1.41. The molecule has 4 aromatic rings. The summed E-state index contributed by atoms with van der Waals surface area (Å²) in [6, 6.07) is 19.3. The topological polar surface area (TPSA) is 138 Å². The van der Waals surface area contributed by atoms with Crippen LogP contribution < -0.4 is 5.73 Å². The molecule has 1 aliphatic rings. The number of aliphatic hydroxyl groups is 2. The molecule has 1 fully saturated rings. The molecule has 0 saturated carbocycles. The fourth-order valence-corrected chi connectivity index (χ4v) is 4.52. The highest BCUT2D eigenvalue weighted by molar-refractivity contribution is 5.81. The normalized spacial score (nSPS) is 23.1. The first-order chi connectivity index (χ1) is 17.6. The van der Waals surface area contributed by atoms with E-state index in [2.05, 4.69) is 15.0 Å². The van der Waals surface area contributed by atoms with E-state index in [0.29, 0.717) is 17.8 Å². The Bertz CT molecular complexity index is 1270. The molecule has 2 aromatic heterocycles. The predicted molar refractivity (Wildman–Crippen MR) is 131 cm³/mol. The van der Waals surface area contributed by atoms with Crippen molar-refractivity contribution in [2.24, 2.45) is 0 Å². The van der Waals surface area contributed by atoms with Crippen LogP contribution in [0.25, 0.3) is 11.2 Å². The molecule has 0 unspecified atom stereocenters. The lowest BCUT2D eigenvalue weighted by molar-refractivity contribution is -0.273. The second-order valence-corrected chi connectivity index (χ2v) is 8.78. The van der Waals surface area contributed by atoms with Crippen molar-refractivity contribution in [2.75, 3.05) is 18.9 Å². The lowest BCUT2D eigenvalue weighted by Crippen LogP contribution is -2.61. The van der Waals surface area contributed by atoms with Gasteiger partial charge in [0.2, 0.25) is 0 Å². The number of nitrogens with two attached hydrogens (primary N) is 1. The van der Waals surface area contributed by atoms with Crippen molar-refractivity contribution in [1.82, 2.24) is 19.5 Å². The summed E-state index contributed by atoms with van der Waals surface area (Å²) in [5, 5.41) is 23.0. The highest BCUT2D eigenvalue weighted by atomic mass is 16.6. The zero-order chi connectivity index (χ0) is 25.0. The molecule has 10 heteroatoms. The van der Waals surface area contributed by atoms with Crippen LogP contribution in [0.5, 0.6) is 0 Å². The summed E-state index contributed by atoms with van der Waals surface area (Å²) < 4.78 is 19.7. The van der Waals surface area contributed by atoms with Crippen molar-refractivity contribution >= 4 is 17.0 Å². The number of fused-ring (bicyclic) bond motifs is 1. The summed E-state index contributed by atoms with van der Waals surface area (Å²) in [6.45, 7) is 0.713. The van der Waals surface area contributed by atoms with E-state index in [4.69, 9.17) is 19.9 Å². The number of ether oxygens (including phenoxy) is 3. The molecule has 0 aliphatic carbocycles. The van der Waals surface area contributed by atoms with Crippen molar-refractivity contribution in [3.05, 3.63) is 84.4 Å². The van der Waals surface area contributed by atoms with E-state index in [1.54, 1.807) is 4.57 Å². The average molecular weight is 492 g/mol. The van der Waals surface area contributed by atoms with Gasteiger partial charge in [-0.2, -0.15) is 0 Å². The Morgan fingerprint density at radius 1 is 1.03 bits per heavy atom. The van der Waals surface area contributed by atoms with Crippen molar-refractivity contribution in [3.63, 3.8) is 0 Å². The van der Waals surface area contributed by atoms with E-state index in [9.17, 15) is 10.2 Å². The quantitative estimate of drug-likeness (QED) is 0.322. The summed E-state index contributed by atoms with van der Waals surface area (Å²) in [5.41, 5.74) is 7.29. The Kier molecular flexibility index (Phi) is 7.21. The van der Waals surface area contributed by atoms with Gasteiger partial charge in [-0.05, 0) is 11.1 Å². The van der Waals surface area contributed by atoms with Crippen molar-refractivity contribution in [1.29, 1.82) is 0 Å². The second-order valence-electron chi connectivity index (χ2n) is 8.78. The molecule has 1 saturated heterocycles. The number of nitrogen functional groups attached to an aromatic ring is 1. The van der Waals surface area contributed by atoms with E-state index in [1.165, 1.54) is 12.7 Å². The maximum Gasteiger partial charge on any atom is 0.167 e. The molecule has 3 heterocycles. The van der Waals surface area contributed by atoms with Crippen molar-refractivity contribution in [2.45, 2.75) is 43.7 Å². The molecule has 0 spiro atoms.